The topological polar surface area (TPSA) is 142 Å². The Kier molecular flexibility index (Phi) is 8.22. The molecule has 0 saturated heterocycles. The van der Waals surface area contributed by atoms with Crippen molar-refractivity contribution >= 4 is 18.0 Å². The Bertz CT molecular complexity index is 543. The molecule has 0 aromatic heterocycles. The number of carbonyl (C=O) groups excluding carboxylic acids is 3. The third kappa shape index (κ3) is 8.80. The highest BCUT2D eigenvalue weighted by Crippen LogP contribution is 2.24. The lowest BCUT2D eigenvalue weighted by Gasteiger charge is -2.35. The molecule has 0 unspecified atom stereocenters. The molecule has 2 N–H and O–H groups in total. The maximum atomic E-state index is 12.3. The highest BCUT2D eigenvalue weighted by Gasteiger charge is 2.38. The highest BCUT2D eigenvalue weighted by atomic mass is 16.6. The zero-order chi connectivity index (χ0) is 19.8. The van der Waals surface area contributed by atoms with Gasteiger partial charge in [-0.3, -0.25) is 9.59 Å². The fourth-order valence-corrected chi connectivity index (χ4v) is 1.87. The van der Waals surface area contributed by atoms with Gasteiger partial charge >= 0.3 is 12.1 Å². The highest BCUT2D eigenvalue weighted by molar-refractivity contribution is 5.87. The van der Waals surface area contributed by atoms with Crippen molar-refractivity contribution in [3.8, 4) is 0 Å². The van der Waals surface area contributed by atoms with Gasteiger partial charge < -0.3 is 20.1 Å². The first-order valence-corrected chi connectivity index (χ1v) is 7.70. The number of esters is 1. The van der Waals surface area contributed by atoms with Gasteiger partial charge in [0.2, 0.25) is 5.91 Å². The van der Waals surface area contributed by atoms with Gasteiger partial charge in [0.05, 0.1) is 13.2 Å². The fraction of sp³-hybridized carbons (Fsp3) is 0.800. The Labute approximate surface area is 147 Å². The van der Waals surface area contributed by atoms with Crippen LogP contribution < -0.4 is 10.6 Å². The largest absolute Gasteiger partial charge is 0.468 e. The van der Waals surface area contributed by atoms with Crippen molar-refractivity contribution in [2.45, 2.75) is 59.2 Å². The molecule has 0 aliphatic heterocycles. The molecule has 0 rings (SSSR count). The molecule has 0 spiro atoms. The molecular formula is C15H27N5O5. The number of nitrogens with one attached hydrogen (secondary N) is 2. The summed E-state index contributed by atoms with van der Waals surface area (Å²) in [7, 11) is 1.18. The number of hydrogen-bond acceptors (Lipinski definition) is 6. The van der Waals surface area contributed by atoms with Crippen molar-refractivity contribution in [2.24, 2.45) is 10.5 Å². The van der Waals surface area contributed by atoms with Gasteiger partial charge in [-0.1, -0.05) is 25.9 Å². The molecule has 25 heavy (non-hydrogen) atoms. The van der Waals surface area contributed by atoms with E-state index in [9.17, 15) is 14.4 Å². The van der Waals surface area contributed by atoms with Crippen LogP contribution in [0.1, 0.15) is 41.5 Å². The van der Waals surface area contributed by atoms with Gasteiger partial charge in [0.1, 0.15) is 18.2 Å². The number of rotatable bonds is 6. The van der Waals surface area contributed by atoms with Gasteiger partial charge in [-0.05, 0) is 31.7 Å². The summed E-state index contributed by atoms with van der Waals surface area (Å²) in [6.07, 6.45) is -0.744. The molecule has 2 amide bonds. The molecule has 0 aliphatic rings. The molecule has 0 heterocycles. The number of nitrogens with zero attached hydrogens (tertiary/aromatic N) is 3. The lowest BCUT2D eigenvalue weighted by molar-refractivity contribution is -0.141. The van der Waals surface area contributed by atoms with Crippen molar-refractivity contribution in [3.63, 3.8) is 0 Å². The third-order valence-electron chi connectivity index (χ3n) is 3.00. The molecule has 2 atom stereocenters. The first kappa shape index (κ1) is 22.5. The smallest absolute Gasteiger partial charge is 0.407 e. The van der Waals surface area contributed by atoms with Gasteiger partial charge in [0, 0.05) is 4.91 Å². The van der Waals surface area contributed by atoms with E-state index in [2.05, 4.69) is 25.4 Å². The maximum absolute atomic E-state index is 12.3. The minimum absolute atomic E-state index is 0.379. The minimum atomic E-state index is -1.28. The molecule has 0 aromatic rings. The van der Waals surface area contributed by atoms with Crippen molar-refractivity contribution < 1.29 is 23.9 Å². The first-order chi connectivity index (χ1) is 11.3. The second kappa shape index (κ2) is 9.12. The monoisotopic (exact) mass is 357 g/mol. The molecule has 0 fully saturated rings. The van der Waals surface area contributed by atoms with Crippen LogP contribution in [0.5, 0.6) is 0 Å². The van der Waals surface area contributed by atoms with E-state index in [0.29, 0.717) is 0 Å². The van der Waals surface area contributed by atoms with Gasteiger partial charge in [-0.25, -0.2) is 4.79 Å². The Morgan fingerprint density at radius 2 is 1.72 bits per heavy atom. The van der Waals surface area contributed by atoms with Crippen LogP contribution in [0.2, 0.25) is 0 Å². The van der Waals surface area contributed by atoms with Crippen LogP contribution in [0, 0.1) is 5.41 Å². The van der Waals surface area contributed by atoms with Crippen molar-refractivity contribution in [1.82, 2.24) is 10.6 Å². The van der Waals surface area contributed by atoms with Gasteiger partial charge in [0.15, 0.2) is 0 Å². The lowest BCUT2D eigenvalue weighted by Crippen LogP contribution is -2.56. The van der Waals surface area contributed by atoms with Crippen LogP contribution >= 0.6 is 0 Å². The van der Waals surface area contributed by atoms with Crippen LogP contribution in [-0.4, -0.2) is 49.3 Å². The summed E-state index contributed by atoms with van der Waals surface area (Å²) >= 11 is 0. The van der Waals surface area contributed by atoms with E-state index < -0.39 is 41.1 Å². The van der Waals surface area contributed by atoms with Gasteiger partial charge in [0.25, 0.3) is 0 Å². The molecule has 10 nitrogen and oxygen atoms in total. The number of ether oxygens (including phenoxy) is 2. The summed E-state index contributed by atoms with van der Waals surface area (Å²) in [4.78, 5) is 38.3. The van der Waals surface area contributed by atoms with E-state index >= 15 is 0 Å². The predicted octanol–water partition coefficient (Wildman–Crippen LogP) is 1.89. The summed E-state index contributed by atoms with van der Waals surface area (Å²) in [5.74, 6) is -1.36. The quantitative estimate of drug-likeness (QED) is 0.323. The number of carbonyl (C=O) groups is 3. The van der Waals surface area contributed by atoms with E-state index in [1.165, 1.54) is 7.11 Å². The third-order valence-corrected chi connectivity index (χ3v) is 3.00. The van der Waals surface area contributed by atoms with Crippen molar-refractivity contribution in [2.75, 3.05) is 13.7 Å². The van der Waals surface area contributed by atoms with Crippen LogP contribution in [-0.2, 0) is 19.1 Å². The molecule has 10 heteroatoms. The molecule has 0 saturated carbocycles. The van der Waals surface area contributed by atoms with Crippen LogP contribution in [0.4, 0.5) is 4.79 Å². The van der Waals surface area contributed by atoms with E-state index in [-0.39, 0.29) is 6.54 Å². The van der Waals surface area contributed by atoms with Crippen LogP contribution in [0.25, 0.3) is 10.4 Å². The standard InChI is InChI=1S/C15H27N5O5/c1-14(2,3)11(18-13(23)25-15(4,5)6)10(19-20-16)12(22)17-8-9(21)24-7/h10-11H,8H2,1-7H3,(H,17,22)(H,18,23)/t10-,11+/m1/s1. The summed E-state index contributed by atoms with van der Waals surface area (Å²) in [5.41, 5.74) is 7.42. The normalized spacial score (nSPS) is 13.7. The first-order valence-electron chi connectivity index (χ1n) is 7.70. The summed E-state index contributed by atoms with van der Waals surface area (Å²) in [6, 6.07) is -2.14. The summed E-state index contributed by atoms with van der Waals surface area (Å²) < 4.78 is 9.64. The van der Waals surface area contributed by atoms with Crippen molar-refractivity contribution in [3.05, 3.63) is 10.4 Å². The van der Waals surface area contributed by atoms with Crippen LogP contribution in [0.15, 0.2) is 5.11 Å². The molecule has 0 aromatic carbocycles. The van der Waals surface area contributed by atoms with E-state index in [1.807, 2.05) is 0 Å². The Morgan fingerprint density at radius 1 is 1.16 bits per heavy atom. The Morgan fingerprint density at radius 3 is 2.12 bits per heavy atom. The predicted molar refractivity (Wildman–Crippen MR) is 90.6 cm³/mol. The van der Waals surface area contributed by atoms with Crippen LogP contribution in [0.3, 0.4) is 0 Å². The average Bonchev–Trinajstić information content (AvgIpc) is 2.45. The number of azide groups is 1. The Hall–Kier alpha value is -2.48. The van der Waals surface area contributed by atoms with Crippen molar-refractivity contribution in [1.29, 1.82) is 0 Å². The van der Waals surface area contributed by atoms with E-state index in [4.69, 9.17) is 10.3 Å². The molecule has 142 valence electrons. The number of hydrogen-bond donors (Lipinski definition) is 2. The lowest BCUT2D eigenvalue weighted by atomic mass is 9.82. The van der Waals surface area contributed by atoms with Gasteiger partial charge in [-0.15, -0.1) is 0 Å². The summed E-state index contributed by atoms with van der Waals surface area (Å²) in [5, 5.41) is 8.39. The maximum Gasteiger partial charge on any atom is 0.407 e. The molecule has 0 aliphatic carbocycles. The number of methoxy groups -OCH3 is 1. The fourth-order valence-electron chi connectivity index (χ4n) is 1.87. The minimum Gasteiger partial charge on any atom is -0.468 e. The van der Waals surface area contributed by atoms with E-state index in [0.717, 1.165) is 0 Å². The second-order valence-corrected chi connectivity index (χ2v) is 7.43. The van der Waals surface area contributed by atoms with Gasteiger partial charge in [-0.2, -0.15) is 0 Å². The zero-order valence-corrected chi connectivity index (χ0v) is 15.7. The Balaban J connectivity index is 5.40. The number of alkyl carbamates (subject to hydrolysis) is 1. The zero-order valence-electron chi connectivity index (χ0n) is 15.7. The molecule has 0 radical (unpaired) electrons. The number of amides is 2. The SMILES string of the molecule is COC(=O)CNC(=O)[C@H](N=[N+]=[N-])[C@H](NC(=O)OC(C)(C)C)C(C)(C)C. The average molecular weight is 357 g/mol. The second-order valence-electron chi connectivity index (χ2n) is 7.43. The summed E-state index contributed by atoms with van der Waals surface area (Å²) in [6.45, 7) is 10.0. The van der Waals surface area contributed by atoms with E-state index in [1.54, 1.807) is 41.5 Å². The molecular weight excluding hydrogens is 330 g/mol. The molecule has 0 bridgehead atoms.